The fraction of sp³-hybridized carbons (Fsp3) is 0.625. The quantitative estimate of drug-likeness (QED) is 0.906. The number of hydrogen-bond acceptors (Lipinski definition) is 3. The SMILES string of the molecule is COc1ccccc1[C@H](N1CCNCC1)C(C)(C)C. The van der Waals surface area contributed by atoms with Gasteiger partial charge in [0.05, 0.1) is 7.11 Å². The highest BCUT2D eigenvalue weighted by Crippen LogP contribution is 2.41. The minimum Gasteiger partial charge on any atom is -0.496 e. The average molecular weight is 262 g/mol. The molecule has 1 fully saturated rings. The van der Waals surface area contributed by atoms with E-state index in [9.17, 15) is 0 Å². The average Bonchev–Trinajstić information content (AvgIpc) is 2.39. The largest absolute Gasteiger partial charge is 0.496 e. The number of piperazine rings is 1. The Hall–Kier alpha value is -1.06. The Morgan fingerprint density at radius 2 is 1.79 bits per heavy atom. The highest BCUT2D eigenvalue weighted by molar-refractivity contribution is 5.37. The van der Waals surface area contributed by atoms with Crippen LogP contribution in [0.3, 0.4) is 0 Å². The molecule has 1 atom stereocenters. The third-order valence-electron chi connectivity index (χ3n) is 3.77. The maximum Gasteiger partial charge on any atom is 0.123 e. The van der Waals surface area contributed by atoms with Gasteiger partial charge in [0.15, 0.2) is 0 Å². The topological polar surface area (TPSA) is 24.5 Å². The lowest BCUT2D eigenvalue weighted by Crippen LogP contribution is -2.48. The van der Waals surface area contributed by atoms with E-state index in [0.29, 0.717) is 6.04 Å². The highest BCUT2D eigenvalue weighted by atomic mass is 16.5. The van der Waals surface area contributed by atoms with E-state index < -0.39 is 0 Å². The van der Waals surface area contributed by atoms with Gasteiger partial charge in [0, 0.05) is 37.8 Å². The molecule has 2 rings (SSSR count). The number of hydrogen-bond donors (Lipinski definition) is 1. The molecule has 0 saturated carbocycles. The molecular formula is C16H26N2O. The van der Waals surface area contributed by atoms with Crippen molar-refractivity contribution in [3.63, 3.8) is 0 Å². The van der Waals surface area contributed by atoms with Gasteiger partial charge in [-0.05, 0) is 11.5 Å². The van der Waals surface area contributed by atoms with Gasteiger partial charge in [-0.3, -0.25) is 4.90 Å². The number of ether oxygens (including phenoxy) is 1. The van der Waals surface area contributed by atoms with Gasteiger partial charge in [-0.2, -0.15) is 0 Å². The minimum atomic E-state index is 0.186. The van der Waals surface area contributed by atoms with E-state index in [1.54, 1.807) is 7.11 Å². The molecule has 3 nitrogen and oxygen atoms in total. The van der Waals surface area contributed by atoms with Crippen LogP contribution in [-0.2, 0) is 0 Å². The Bertz CT molecular complexity index is 405. The van der Waals surface area contributed by atoms with E-state index >= 15 is 0 Å². The van der Waals surface area contributed by atoms with Gasteiger partial charge in [-0.1, -0.05) is 39.0 Å². The van der Waals surface area contributed by atoms with Gasteiger partial charge < -0.3 is 10.1 Å². The number of para-hydroxylation sites is 1. The normalized spacial score (nSPS) is 19.2. The molecular weight excluding hydrogens is 236 g/mol. The molecule has 0 bridgehead atoms. The van der Waals surface area contributed by atoms with Crippen molar-refractivity contribution in [1.29, 1.82) is 0 Å². The number of rotatable bonds is 3. The Balaban J connectivity index is 2.36. The monoisotopic (exact) mass is 262 g/mol. The fourth-order valence-electron chi connectivity index (χ4n) is 3.04. The van der Waals surface area contributed by atoms with Crippen molar-refractivity contribution < 1.29 is 4.74 Å². The third kappa shape index (κ3) is 3.28. The summed E-state index contributed by atoms with van der Waals surface area (Å²) in [5.41, 5.74) is 1.49. The van der Waals surface area contributed by atoms with Crippen molar-refractivity contribution in [2.75, 3.05) is 33.3 Å². The lowest BCUT2D eigenvalue weighted by molar-refractivity contribution is 0.0842. The van der Waals surface area contributed by atoms with Crippen LogP contribution in [-0.4, -0.2) is 38.2 Å². The molecule has 0 radical (unpaired) electrons. The first-order valence-corrected chi connectivity index (χ1v) is 7.11. The van der Waals surface area contributed by atoms with Gasteiger partial charge in [0.1, 0.15) is 5.75 Å². The van der Waals surface area contributed by atoms with E-state index in [-0.39, 0.29) is 5.41 Å². The predicted molar refractivity (Wildman–Crippen MR) is 79.6 cm³/mol. The molecule has 1 saturated heterocycles. The molecule has 3 heteroatoms. The van der Waals surface area contributed by atoms with Crippen LogP contribution in [0.1, 0.15) is 32.4 Å². The number of benzene rings is 1. The number of nitrogens with zero attached hydrogens (tertiary/aromatic N) is 1. The van der Waals surface area contributed by atoms with Gasteiger partial charge in [0.25, 0.3) is 0 Å². The molecule has 0 unspecified atom stereocenters. The van der Waals surface area contributed by atoms with E-state index in [2.05, 4.69) is 49.2 Å². The van der Waals surface area contributed by atoms with Crippen LogP contribution in [0.15, 0.2) is 24.3 Å². The molecule has 106 valence electrons. The van der Waals surface area contributed by atoms with E-state index in [0.717, 1.165) is 31.9 Å². The Labute approximate surface area is 116 Å². The zero-order valence-corrected chi connectivity index (χ0v) is 12.6. The number of methoxy groups -OCH3 is 1. The van der Waals surface area contributed by atoms with Gasteiger partial charge in [-0.25, -0.2) is 0 Å². The maximum atomic E-state index is 5.57. The summed E-state index contributed by atoms with van der Waals surface area (Å²) in [6.07, 6.45) is 0. The lowest BCUT2D eigenvalue weighted by Gasteiger charge is -2.43. The fourth-order valence-corrected chi connectivity index (χ4v) is 3.04. The molecule has 0 aromatic heterocycles. The minimum absolute atomic E-state index is 0.186. The Morgan fingerprint density at radius 3 is 2.37 bits per heavy atom. The second-order valence-electron chi connectivity index (χ2n) is 6.30. The van der Waals surface area contributed by atoms with Crippen molar-refractivity contribution in [1.82, 2.24) is 10.2 Å². The second-order valence-corrected chi connectivity index (χ2v) is 6.30. The molecule has 1 aromatic rings. The standard InChI is InChI=1S/C16H26N2O/c1-16(2,3)15(18-11-9-17-10-12-18)13-7-5-6-8-14(13)19-4/h5-8,15,17H,9-12H2,1-4H3/t15-/m0/s1. The lowest BCUT2D eigenvalue weighted by atomic mass is 9.80. The molecule has 1 heterocycles. The van der Waals surface area contributed by atoms with Gasteiger partial charge >= 0.3 is 0 Å². The summed E-state index contributed by atoms with van der Waals surface area (Å²) in [5, 5.41) is 3.43. The number of nitrogens with one attached hydrogen (secondary N) is 1. The zero-order valence-electron chi connectivity index (χ0n) is 12.6. The van der Waals surface area contributed by atoms with E-state index in [1.165, 1.54) is 5.56 Å². The van der Waals surface area contributed by atoms with Crippen LogP contribution < -0.4 is 10.1 Å². The third-order valence-corrected chi connectivity index (χ3v) is 3.77. The van der Waals surface area contributed by atoms with Gasteiger partial charge in [-0.15, -0.1) is 0 Å². The van der Waals surface area contributed by atoms with Crippen LogP contribution in [0.5, 0.6) is 5.75 Å². The van der Waals surface area contributed by atoms with Crippen LogP contribution in [0.25, 0.3) is 0 Å². The zero-order chi connectivity index (χ0) is 13.9. The van der Waals surface area contributed by atoms with Crippen LogP contribution in [0.2, 0.25) is 0 Å². The summed E-state index contributed by atoms with van der Waals surface area (Å²) in [6, 6.07) is 8.82. The predicted octanol–water partition coefficient (Wildman–Crippen LogP) is 2.69. The molecule has 0 amide bonds. The maximum absolute atomic E-state index is 5.57. The molecule has 19 heavy (non-hydrogen) atoms. The molecule has 0 spiro atoms. The molecule has 1 aliphatic rings. The van der Waals surface area contributed by atoms with Crippen LogP contribution in [0, 0.1) is 5.41 Å². The first kappa shape index (κ1) is 14.4. The summed E-state index contributed by atoms with van der Waals surface area (Å²) in [7, 11) is 1.76. The molecule has 1 N–H and O–H groups in total. The smallest absolute Gasteiger partial charge is 0.123 e. The van der Waals surface area contributed by atoms with Crippen LogP contribution in [0.4, 0.5) is 0 Å². The molecule has 1 aliphatic heterocycles. The molecule has 0 aliphatic carbocycles. The van der Waals surface area contributed by atoms with E-state index in [4.69, 9.17) is 4.74 Å². The Morgan fingerprint density at radius 1 is 1.16 bits per heavy atom. The van der Waals surface area contributed by atoms with Gasteiger partial charge in [0.2, 0.25) is 0 Å². The van der Waals surface area contributed by atoms with Crippen molar-refractivity contribution >= 4 is 0 Å². The van der Waals surface area contributed by atoms with Crippen molar-refractivity contribution in [3.05, 3.63) is 29.8 Å². The van der Waals surface area contributed by atoms with Crippen LogP contribution >= 0.6 is 0 Å². The first-order chi connectivity index (χ1) is 9.04. The summed E-state index contributed by atoms with van der Waals surface area (Å²) in [6.45, 7) is 11.3. The second kappa shape index (κ2) is 5.93. The summed E-state index contributed by atoms with van der Waals surface area (Å²) < 4.78 is 5.57. The highest BCUT2D eigenvalue weighted by Gasteiger charge is 2.34. The summed E-state index contributed by atoms with van der Waals surface area (Å²) in [5.74, 6) is 1.00. The van der Waals surface area contributed by atoms with E-state index in [1.807, 2.05) is 6.07 Å². The van der Waals surface area contributed by atoms with Crippen molar-refractivity contribution in [3.8, 4) is 5.75 Å². The molecule has 1 aromatic carbocycles. The van der Waals surface area contributed by atoms with Crippen molar-refractivity contribution in [2.24, 2.45) is 5.41 Å². The summed E-state index contributed by atoms with van der Waals surface area (Å²) in [4.78, 5) is 2.58. The van der Waals surface area contributed by atoms with Crippen molar-refractivity contribution in [2.45, 2.75) is 26.8 Å². The summed E-state index contributed by atoms with van der Waals surface area (Å²) >= 11 is 0. The Kier molecular flexibility index (Phi) is 4.48. The first-order valence-electron chi connectivity index (χ1n) is 7.11.